The molecule has 2 rings (SSSR count). The maximum atomic E-state index is 4.22. The van der Waals surface area contributed by atoms with Crippen LogP contribution in [0.5, 0.6) is 0 Å². The van der Waals surface area contributed by atoms with Crippen LogP contribution in [0.1, 0.15) is 6.42 Å². The minimum Gasteiger partial charge on any atom is -0.366 e. The number of anilines is 1. The van der Waals surface area contributed by atoms with Gasteiger partial charge in [0.15, 0.2) is 0 Å². The number of aromatic nitrogens is 2. The topological polar surface area (TPSA) is 41.0 Å². The number of hydrogen-bond donors (Lipinski definition) is 1. The zero-order chi connectivity index (χ0) is 10.7. The third-order valence-electron chi connectivity index (χ3n) is 2.59. The summed E-state index contributed by atoms with van der Waals surface area (Å²) in [6.45, 7) is 2.26. The van der Waals surface area contributed by atoms with E-state index in [0.29, 0.717) is 6.04 Å². The molecule has 5 heteroatoms. The number of hydrogen-bond acceptors (Lipinski definition) is 5. The van der Waals surface area contributed by atoms with Crippen molar-refractivity contribution in [2.75, 3.05) is 31.7 Å². The van der Waals surface area contributed by atoms with E-state index in [1.807, 2.05) is 12.3 Å². The fourth-order valence-corrected chi connectivity index (χ4v) is 2.17. The largest absolute Gasteiger partial charge is 0.366 e. The zero-order valence-electron chi connectivity index (χ0n) is 9.10. The summed E-state index contributed by atoms with van der Waals surface area (Å²) < 4.78 is 0. The Hall–Kier alpha value is -0.810. The minimum atomic E-state index is 0.527. The van der Waals surface area contributed by atoms with E-state index in [9.17, 15) is 0 Å². The van der Waals surface area contributed by atoms with Crippen molar-refractivity contribution in [3.05, 3.63) is 12.4 Å². The molecular weight excluding hydrogens is 208 g/mol. The van der Waals surface area contributed by atoms with Crippen LogP contribution in [0.25, 0.3) is 0 Å². The van der Waals surface area contributed by atoms with Crippen molar-refractivity contribution in [1.29, 1.82) is 0 Å². The fraction of sp³-hybridized carbons (Fsp3) is 0.600. The molecular formula is C10H16N4S. The lowest BCUT2D eigenvalue weighted by Crippen LogP contribution is -2.23. The van der Waals surface area contributed by atoms with E-state index < -0.39 is 0 Å². The molecule has 1 aromatic heterocycles. The molecule has 1 N–H and O–H groups in total. The van der Waals surface area contributed by atoms with Crippen LogP contribution < -0.4 is 5.32 Å². The van der Waals surface area contributed by atoms with E-state index in [0.717, 1.165) is 23.9 Å². The lowest BCUT2D eigenvalue weighted by Gasteiger charge is -2.13. The second kappa shape index (κ2) is 4.81. The molecule has 1 aliphatic heterocycles. The molecule has 1 saturated heterocycles. The fourth-order valence-electron chi connectivity index (χ4n) is 1.79. The molecule has 0 saturated carbocycles. The number of likely N-dealkylation sites (N-methyl/N-ethyl adjacent to an activating group) is 1. The van der Waals surface area contributed by atoms with Crippen molar-refractivity contribution in [1.82, 2.24) is 14.9 Å². The summed E-state index contributed by atoms with van der Waals surface area (Å²) >= 11 is 1.64. The molecule has 15 heavy (non-hydrogen) atoms. The summed E-state index contributed by atoms with van der Waals surface area (Å²) in [7, 11) is 2.15. The highest BCUT2D eigenvalue weighted by Crippen LogP contribution is 2.16. The Kier molecular flexibility index (Phi) is 3.43. The van der Waals surface area contributed by atoms with Gasteiger partial charge in [-0.2, -0.15) is 0 Å². The molecule has 4 nitrogen and oxygen atoms in total. The summed E-state index contributed by atoms with van der Waals surface area (Å²) in [5.41, 5.74) is 0. The Balaban J connectivity index is 1.98. The van der Waals surface area contributed by atoms with Gasteiger partial charge in [-0.25, -0.2) is 9.97 Å². The highest BCUT2D eigenvalue weighted by atomic mass is 32.2. The van der Waals surface area contributed by atoms with Crippen LogP contribution in [0.4, 0.5) is 5.82 Å². The standard InChI is InChI=1S/C10H16N4S/c1-14-4-3-8(6-14)13-9-5-10(15-2)12-7-11-9/h5,7-8H,3-4,6H2,1-2H3,(H,11,12,13). The molecule has 0 spiro atoms. The SMILES string of the molecule is CSc1cc(NC2CCN(C)C2)ncn1. The summed E-state index contributed by atoms with van der Waals surface area (Å²) in [6.07, 6.45) is 4.83. The number of thioether (sulfide) groups is 1. The van der Waals surface area contributed by atoms with Crippen LogP contribution in [-0.4, -0.2) is 47.3 Å². The van der Waals surface area contributed by atoms with E-state index in [1.165, 1.54) is 6.42 Å². The lowest BCUT2D eigenvalue weighted by atomic mass is 10.2. The quantitative estimate of drug-likeness (QED) is 0.619. The second-order valence-electron chi connectivity index (χ2n) is 3.84. The van der Waals surface area contributed by atoms with Gasteiger partial charge in [0, 0.05) is 18.7 Å². The van der Waals surface area contributed by atoms with Crippen LogP contribution in [-0.2, 0) is 0 Å². The van der Waals surface area contributed by atoms with Crippen molar-refractivity contribution in [2.24, 2.45) is 0 Å². The number of rotatable bonds is 3. The summed E-state index contributed by atoms with van der Waals surface area (Å²) in [6, 6.07) is 2.53. The minimum absolute atomic E-state index is 0.527. The van der Waals surface area contributed by atoms with Crippen LogP contribution in [0, 0.1) is 0 Å². The van der Waals surface area contributed by atoms with Gasteiger partial charge in [0.05, 0.1) is 0 Å². The third kappa shape index (κ3) is 2.82. The predicted molar refractivity (Wildman–Crippen MR) is 63.3 cm³/mol. The van der Waals surface area contributed by atoms with E-state index in [-0.39, 0.29) is 0 Å². The molecule has 1 aromatic rings. The second-order valence-corrected chi connectivity index (χ2v) is 4.66. The maximum Gasteiger partial charge on any atom is 0.130 e. The number of nitrogens with one attached hydrogen (secondary N) is 1. The molecule has 0 radical (unpaired) electrons. The molecule has 0 bridgehead atoms. The van der Waals surface area contributed by atoms with E-state index in [2.05, 4.69) is 27.2 Å². The highest BCUT2D eigenvalue weighted by Gasteiger charge is 2.19. The van der Waals surface area contributed by atoms with E-state index in [1.54, 1.807) is 18.1 Å². The molecule has 1 aliphatic rings. The molecule has 2 heterocycles. The zero-order valence-corrected chi connectivity index (χ0v) is 9.92. The Morgan fingerprint density at radius 2 is 2.40 bits per heavy atom. The van der Waals surface area contributed by atoms with Gasteiger partial charge in [0.1, 0.15) is 17.2 Å². The van der Waals surface area contributed by atoms with Gasteiger partial charge < -0.3 is 10.2 Å². The molecule has 82 valence electrons. The van der Waals surface area contributed by atoms with Gasteiger partial charge >= 0.3 is 0 Å². The monoisotopic (exact) mass is 224 g/mol. The van der Waals surface area contributed by atoms with Gasteiger partial charge in [-0.1, -0.05) is 0 Å². The lowest BCUT2D eigenvalue weighted by molar-refractivity contribution is 0.414. The number of likely N-dealkylation sites (tertiary alicyclic amines) is 1. The highest BCUT2D eigenvalue weighted by molar-refractivity contribution is 7.98. The van der Waals surface area contributed by atoms with Crippen LogP contribution in [0.3, 0.4) is 0 Å². The van der Waals surface area contributed by atoms with Crippen LogP contribution in [0.2, 0.25) is 0 Å². The molecule has 1 atom stereocenters. The molecule has 0 aliphatic carbocycles. The van der Waals surface area contributed by atoms with E-state index in [4.69, 9.17) is 0 Å². The van der Waals surface area contributed by atoms with Crippen LogP contribution in [0.15, 0.2) is 17.4 Å². The van der Waals surface area contributed by atoms with Gasteiger partial charge in [-0.05, 0) is 26.3 Å². The average Bonchev–Trinajstić information content (AvgIpc) is 2.64. The average molecular weight is 224 g/mol. The first-order valence-electron chi connectivity index (χ1n) is 5.09. The van der Waals surface area contributed by atoms with Gasteiger partial charge in [-0.3, -0.25) is 0 Å². The van der Waals surface area contributed by atoms with Crippen molar-refractivity contribution >= 4 is 17.6 Å². The Bertz CT molecular complexity index is 331. The predicted octanol–water partition coefficient (Wildman–Crippen LogP) is 1.31. The summed E-state index contributed by atoms with van der Waals surface area (Å²) in [4.78, 5) is 10.7. The maximum absolute atomic E-state index is 4.22. The Morgan fingerprint density at radius 1 is 1.53 bits per heavy atom. The molecule has 1 unspecified atom stereocenters. The molecule has 0 amide bonds. The Labute approximate surface area is 94.5 Å². The molecule has 0 aromatic carbocycles. The van der Waals surface area contributed by atoms with Crippen molar-refractivity contribution < 1.29 is 0 Å². The normalized spacial score (nSPS) is 21.9. The summed E-state index contributed by atoms with van der Waals surface area (Å²) in [5.74, 6) is 0.939. The van der Waals surface area contributed by atoms with E-state index >= 15 is 0 Å². The van der Waals surface area contributed by atoms with Gasteiger partial charge in [0.25, 0.3) is 0 Å². The van der Waals surface area contributed by atoms with Gasteiger partial charge in [-0.15, -0.1) is 11.8 Å². The van der Waals surface area contributed by atoms with Crippen molar-refractivity contribution in [2.45, 2.75) is 17.5 Å². The number of nitrogens with zero attached hydrogens (tertiary/aromatic N) is 3. The third-order valence-corrected chi connectivity index (χ3v) is 3.24. The summed E-state index contributed by atoms with van der Waals surface area (Å²) in [5, 5.41) is 4.45. The van der Waals surface area contributed by atoms with Crippen molar-refractivity contribution in [3.8, 4) is 0 Å². The Morgan fingerprint density at radius 3 is 3.07 bits per heavy atom. The first kappa shape index (κ1) is 10.7. The smallest absolute Gasteiger partial charge is 0.130 e. The van der Waals surface area contributed by atoms with Gasteiger partial charge in [0.2, 0.25) is 0 Å². The van der Waals surface area contributed by atoms with Crippen molar-refractivity contribution in [3.63, 3.8) is 0 Å². The van der Waals surface area contributed by atoms with Crippen LogP contribution >= 0.6 is 11.8 Å². The first-order valence-corrected chi connectivity index (χ1v) is 6.31. The first-order chi connectivity index (χ1) is 7.28. The molecule has 1 fully saturated rings.